The number of nitrogens with zero attached hydrogens (tertiary/aromatic N) is 1. The molecular formula is C13H24N2O2. The quantitative estimate of drug-likeness (QED) is 0.795. The molecule has 1 fully saturated rings. The fourth-order valence-corrected chi connectivity index (χ4v) is 2.34. The Kier molecular flexibility index (Phi) is 4.54. The summed E-state index contributed by atoms with van der Waals surface area (Å²) in [5.41, 5.74) is -0.669. The Morgan fingerprint density at radius 3 is 2.29 bits per heavy atom. The minimum atomic E-state index is -0.669. The van der Waals surface area contributed by atoms with Crippen molar-refractivity contribution in [3.8, 4) is 0 Å². The van der Waals surface area contributed by atoms with Gasteiger partial charge in [-0.05, 0) is 26.2 Å². The van der Waals surface area contributed by atoms with Crippen molar-refractivity contribution in [3.05, 3.63) is 0 Å². The maximum absolute atomic E-state index is 12.5. The molecule has 2 amide bonds. The molecule has 0 spiro atoms. The van der Waals surface area contributed by atoms with Crippen LogP contribution in [0, 0.1) is 0 Å². The highest BCUT2D eigenvalue weighted by molar-refractivity contribution is 5.99. The summed E-state index contributed by atoms with van der Waals surface area (Å²) in [6.07, 6.45) is 3.29. The van der Waals surface area contributed by atoms with Gasteiger partial charge in [0.05, 0.1) is 0 Å². The summed E-state index contributed by atoms with van der Waals surface area (Å²) in [7, 11) is 0. The molecule has 1 rings (SSSR count). The van der Waals surface area contributed by atoms with Gasteiger partial charge in [0.15, 0.2) is 0 Å². The van der Waals surface area contributed by atoms with E-state index in [0.717, 1.165) is 12.8 Å². The second-order valence-corrected chi connectivity index (χ2v) is 4.81. The molecule has 98 valence electrons. The molecule has 1 aliphatic rings. The van der Waals surface area contributed by atoms with Crippen LogP contribution in [-0.2, 0) is 9.59 Å². The van der Waals surface area contributed by atoms with E-state index in [0.29, 0.717) is 19.4 Å². The van der Waals surface area contributed by atoms with E-state index >= 15 is 0 Å². The fraction of sp³-hybridized carbons (Fsp3) is 0.846. The second-order valence-electron chi connectivity index (χ2n) is 4.81. The molecular weight excluding hydrogens is 216 g/mol. The van der Waals surface area contributed by atoms with Crippen LogP contribution in [0.3, 0.4) is 0 Å². The molecule has 1 saturated heterocycles. The van der Waals surface area contributed by atoms with Gasteiger partial charge in [0.25, 0.3) is 0 Å². The van der Waals surface area contributed by atoms with E-state index in [1.165, 1.54) is 0 Å². The third-order valence-electron chi connectivity index (χ3n) is 3.84. The standard InChI is InChI=1S/C13H24N2O2/c1-5-8-9-15-10(4)11(16)14-13(6-2,7-3)12(15)17/h10H,5-9H2,1-4H3,(H,14,16). The van der Waals surface area contributed by atoms with E-state index in [1.54, 1.807) is 11.8 Å². The van der Waals surface area contributed by atoms with Crippen molar-refractivity contribution in [3.63, 3.8) is 0 Å². The predicted molar refractivity (Wildman–Crippen MR) is 67.5 cm³/mol. The lowest BCUT2D eigenvalue weighted by Gasteiger charge is -2.44. The number of piperazine rings is 1. The van der Waals surface area contributed by atoms with Crippen LogP contribution in [0.2, 0.25) is 0 Å². The first-order chi connectivity index (χ1) is 8.02. The van der Waals surface area contributed by atoms with Crippen LogP contribution in [0.25, 0.3) is 0 Å². The number of hydrogen-bond donors (Lipinski definition) is 1. The van der Waals surface area contributed by atoms with Crippen LogP contribution in [-0.4, -0.2) is 34.8 Å². The van der Waals surface area contributed by atoms with Gasteiger partial charge in [-0.25, -0.2) is 0 Å². The Labute approximate surface area is 104 Å². The van der Waals surface area contributed by atoms with Gasteiger partial charge in [0.1, 0.15) is 11.6 Å². The van der Waals surface area contributed by atoms with Gasteiger partial charge in [-0.1, -0.05) is 27.2 Å². The average Bonchev–Trinajstić information content (AvgIpc) is 2.34. The minimum absolute atomic E-state index is 0.0237. The van der Waals surface area contributed by atoms with Crippen molar-refractivity contribution in [1.82, 2.24) is 10.2 Å². The lowest BCUT2D eigenvalue weighted by Crippen LogP contribution is -2.69. The fourth-order valence-electron chi connectivity index (χ4n) is 2.34. The smallest absolute Gasteiger partial charge is 0.248 e. The van der Waals surface area contributed by atoms with E-state index in [9.17, 15) is 9.59 Å². The molecule has 4 nitrogen and oxygen atoms in total. The number of unbranched alkanes of at least 4 members (excludes halogenated alkanes) is 1. The van der Waals surface area contributed by atoms with Crippen LogP contribution >= 0.6 is 0 Å². The van der Waals surface area contributed by atoms with Gasteiger partial charge < -0.3 is 10.2 Å². The van der Waals surface area contributed by atoms with Crippen molar-refractivity contribution in [2.75, 3.05) is 6.54 Å². The number of carbonyl (C=O) groups is 2. The van der Waals surface area contributed by atoms with Crippen molar-refractivity contribution >= 4 is 11.8 Å². The molecule has 0 aromatic heterocycles. The molecule has 1 unspecified atom stereocenters. The van der Waals surface area contributed by atoms with Crippen LogP contribution in [0.5, 0.6) is 0 Å². The zero-order valence-corrected chi connectivity index (χ0v) is 11.4. The summed E-state index contributed by atoms with van der Waals surface area (Å²) in [6.45, 7) is 8.49. The van der Waals surface area contributed by atoms with Crippen LogP contribution in [0.1, 0.15) is 53.4 Å². The molecule has 1 heterocycles. The monoisotopic (exact) mass is 240 g/mol. The van der Waals surface area contributed by atoms with Gasteiger partial charge in [-0.15, -0.1) is 0 Å². The van der Waals surface area contributed by atoms with E-state index in [4.69, 9.17) is 0 Å². The topological polar surface area (TPSA) is 49.4 Å². The predicted octanol–water partition coefficient (Wildman–Crippen LogP) is 1.69. The number of rotatable bonds is 5. The Morgan fingerprint density at radius 1 is 1.24 bits per heavy atom. The summed E-state index contributed by atoms with van der Waals surface area (Å²) in [5.74, 6) is 0.0625. The molecule has 0 aromatic carbocycles. The van der Waals surface area contributed by atoms with Crippen LogP contribution < -0.4 is 5.32 Å². The van der Waals surface area contributed by atoms with Gasteiger partial charge in [-0.2, -0.15) is 0 Å². The highest BCUT2D eigenvalue weighted by atomic mass is 16.2. The van der Waals surface area contributed by atoms with Crippen LogP contribution in [0.4, 0.5) is 0 Å². The van der Waals surface area contributed by atoms with E-state index in [2.05, 4.69) is 12.2 Å². The molecule has 0 aromatic rings. The SMILES string of the molecule is CCCCN1C(=O)C(CC)(CC)NC(=O)C1C. The summed E-state index contributed by atoms with van der Waals surface area (Å²) in [6, 6.07) is -0.333. The number of amides is 2. The maximum atomic E-state index is 12.5. The van der Waals surface area contributed by atoms with Gasteiger partial charge in [0.2, 0.25) is 11.8 Å². The van der Waals surface area contributed by atoms with Crippen molar-refractivity contribution in [1.29, 1.82) is 0 Å². The molecule has 17 heavy (non-hydrogen) atoms. The van der Waals surface area contributed by atoms with Gasteiger partial charge >= 0.3 is 0 Å². The Balaban J connectivity index is 2.94. The number of hydrogen-bond acceptors (Lipinski definition) is 2. The first kappa shape index (κ1) is 14.0. The molecule has 0 radical (unpaired) electrons. The molecule has 1 atom stereocenters. The van der Waals surface area contributed by atoms with Crippen molar-refractivity contribution in [2.45, 2.75) is 65.0 Å². The first-order valence-corrected chi connectivity index (χ1v) is 6.65. The highest BCUT2D eigenvalue weighted by Gasteiger charge is 2.46. The summed E-state index contributed by atoms with van der Waals surface area (Å²) in [5, 5.41) is 2.91. The average molecular weight is 240 g/mol. The van der Waals surface area contributed by atoms with Crippen LogP contribution in [0.15, 0.2) is 0 Å². The van der Waals surface area contributed by atoms with Crippen molar-refractivity contribution < 1.29 is 9.59 Å². The summed E-state index contributed by atoms with van der Waals surface area (Å²) in [4.78, 5) is 26.2. The number of carbonyl (C=O) groups excluding carboxylic acids is 2. The van der Waals surface area contributed by atoms with E-state index in [1.807, 2.05) is 13.8 Å². The number of nitrogens with one attached hydrogen (secondary N) is 1. The molecule has 0 saturated carbocycles. The third kappa shape index (κ3) is 2.45. The Hall–Kier alpha value is -1.06. The normalized spacial score (nSPS) is 23.8. The molecule has 0 aliphatic carbocycles. The molecule has 1 N–H and O–H groups in total. The van der Waals surface area contributed by atoms with Crippen molar-refractivity contribution in [2.24, 2.45) is 0 Å². The maximum Gasteiger partial charge on any atom is 0.248 e. The highest BCUT2D eigenvalue weighted by Crippen LogP contribution is 2.25. The van der Waals surface area contributed by atoms with E-state index < -0.39 is 5.54 Å². The Morgan fingerprint density at radius 2 is 1.82 bits per heavy atom. The third-order valence-corrected chi connectivity index (χ3v) is 3.84. The Bertz CT molecular complexity index is 298. The van der Waals surface area contributed by atoms with Gasteiger partial charge in [0, 0.05) is 6.54 Å². The zero-order valence-electron chi connectivity index (χ0n) is 11.4. The lowest BCUT2D eigenvalue weighted by molar-refractivity contribution is -0.154. The lowest BCUT2D eigenvalue weighted by atomic mass is 9.87. The van der Waals surface area contributed by atoms with Gasteiger partial charge in [-0.3, -0.25) is 9.59 Å². The summed E-state index contributed by atoms with van der Waals surface area (Å²) >= 11 is 0. The largest absolute Gasteiger partial charge is 0.340 e. The zero-order chi connectivity index (χ0) is 13.1. The summed E-state index contributed by atoms with van der Waals surface area (Å²) < 4.78 is 0. The minimum Gasteiger partial charge on any atom is -0.340 e. The molecule has 0 bridgehead atoms. The first-order valence-electron chi connectivity index (χ1n) is 6.65. The molecule has 1 aliphatic heterocycles. The second kappa shape index (κ2) is 5.52. The molecule has 4 heteroatoms. The van der Waals surface area contributed by atoms with E-state index in [-0.39, 0.29) is 17.9 Å².